The quantitative estimate of drug-likeness (QED) is 0.760. The van der Waals surface area contributed by atoms with E-state index >= 15 is 0 Å². The first-order chi connectivity index (χ1) is 9.27. The van der Waals surface area contributed by atoms with Crippen molar-refractivity contribution in [3.8, 4) is 0 Å². The summed E-state index contributed by atoms with van der Waals surface area (Å²) < 4.78 is 6.28. The summed E-state index contributed by atoms with van der Waals surface area (Å²) in [4.78, 5) is 2.30. The van der Waals surface area contributed by atoms with E-state index < -0.39 is 0 Å². The average molecular weight is 251 g/mol. The van der Waals surface area contributed by atoms with Crippen LogP contribution in [0.3, 0.4) is 0 Å². The van der Waals surface area contributed by atoms with E-state index in [1.54, 1.807) is 0 Å². The molecule has 0 aliphatic carbocycles. The largest absolute Gasteiger partial charge is 0.419 e. The van der Waals surface area contributed by atoms with Crippen molar-refractivity contribution in [2.75, 3.05) is 7.05 Å². The molecule has 3 heteroatoms. The summed E-state index contributed by atoms with van der Waals surface area (Å²) in [6, 6.07) is 21.3. The average Bonchev–Trinajstić information content (AvgIpc) is 2.77. The predicted octanol–water partition coefficient (Wildman–Crippen LogP) is 2.47. The third-order valence-corrected chi connectivity index (χ3v) is 3.94. The highest BCUT2D eigenvalue weighted by atomic mass is 16.5. The molecule has 0 amide bonds. The van der Waals surface area contributed by atoms with Gasteiger partial charge in [0.2, 0.25) is 0 Å². The normalized spacial score (nSPS) is 23.8. The second-order valence-corrected chi connectivity index (χ2v) is 5.14. The first-order valence-electron chi connectivity index (χ1n) is 6.74. The molecule has 0 unspecified atom stereocenters. The molecule has 0 radical (unpaired) electrons. The smallest absolute Gasteiger partial charge is 0.409 e. The Balaban J connectivity index is 1.88. The summed E-state index contributed by atoms with van der Waals surface area (Å²) in [5, 5.41) is 0. The molecule has 1 heterocycles. The lowest BCUT2D eigenvalue weighted by Crippen LogP contribution is -2.44. The zero-order chi connectivity index (χ0) is 13.2. The summed E-state index contributed by atoms with van der Waals surface area (Å²) in [5.74, 6) is 0. The van der Waals surface area contributed by atoms with E-state index in [0.717, 1.165) is 0 Å². The Bertz CT molecular complexity index is 481. The molecule has 2 nitrogen and oxygen atoms in total. The van der Waals surface area contributed by atoms with E-state index in [1.807, 2.05) is 12.1 Å². The Kier molecular flexibility index (Phi) is 3.41. The molecule has 2 aromatic carbocycles. The van der Waals surface area contributed by atoms with Crippen LogP contribution in [-0.2, 0) is 4.65 Å². The van der Waals surface area contributed by atoms with E-state index in [9.17, 15) is 0 Å². The van der Waals surface area contributed by atoms with Crippen LogP contribution >= 0.6 is 0 Å². The topological polar surface area (TPSA) is 12.5 Å². The van der Waals surface area contributed by atoms with Crippen LogP contribution in [0.1, 0.15) is 18.6 Å². The van der Waals surface area contributed by atoms with Gasteiger partial charge in [0.1, 0.15) is 0 Å². The van der Waals surface area contributed by atoms with Gasteiger partial charge < -0.3 is 9.47 Å². The van der Waals surface area contributed by atoms with Crippen LogP contribution in [0.25, 0.3) is 0 Å². The van der Waals surface area contributed by atoms with Gasteiger partial charge in [0.15, 0.2) is 0 Å². The molecule has 0 N–H and O–H groups in total. The van der Waals surface area contributed by atoms with Crippen LogP contribution in [-0.4, -0.2) is 25.0 Å². The summed E-state index contributed by atoms with van der Waals surface area (Å²) >= 11 is 0. The molecule has 0 bridgehead atoms. The molecular weight excluding hydrogens is 233 g/mol. The Morgan fingerprint density at radius 3 is 2.16 bits per heavy atom. The fourth-order valence-electron chi connectivity index (χ4n) is 2.71. The second kappa shape index (κ2) is 5.20. The highest BCUT2D eigenvalue weighted by molar-refractivity contribution is 6.65. The van der Waals surface area contributed by atoms with Gasteiger partial charge >= 0.3 is 7.05 Å². The van der Waals surface area contributed by atoms with E-state index in [2.05, 4.69) is 67.3 Å². The maximum atomic E-state index is 6.28. The van der Waals surface area contributed by atoms with Crippen LogP contribution in [0, 0.1) is 0 Å². The monoisotopic (exact) mass is 251 g/mol. The lowest BCUT2D eigenvalue weighted by atomic mass is 9.72. The number of hydrogen-bond acceptors (Lipinski definition) is 2. The lowest BCUT2D eigenvalue weighted by molar-refractivity contribution is 0.211. The molecule has 96 valence electrons. The van der Waals surface area contributed by atoms with Gasteiger partial charge in [-0.05, 0) is 25.0 Å². The highest BCUT2D eigenvalue weighted by Crippen LogP contribution is 2.31. The lowest BCUT2D eigenvalue weighted by Gasteiger charge is -2.20. The Morgan fingerprint density at radius 1 is 0.947 bits per heavy atom. The predicted molar refractivity (Wildman–Crippen MR) is 79.3 cm³/mol. The standard InChI is InChI=1S/C16H18BNO/c1-13-16(14-9-5-3-6-10-14)19-17(18(13)2)15-11-7-4-8-12-15/h3-13,16H,1-2H3/t13-,16-/m0/s1. The van der Waals surface area contributed by atoms with Crippen molar-refractivity contribution in [2.24, 2.45) is 0 Å². The van der Waals surface area contributed by atoms with Crippen LogP contribution in [0.5, 0.6) is 0 Å². The summed E-state index contributed by atoms with van der Waals surface area (Å²) in [6.45, 7) is 2.22. The van der Waals surface area contributed by atoms with Gasteiger partial charge in [-0.1, -0.05) is 60.7 Å². The van der Waals surface area contributed by atoms with Crippen molar-refractivity contribution in [1.82, 2.24) is 4.81 Å². The molecule has 1 fully saturated rings. The fourth-order valence-corrected chi connectivity index (χ4v) is 2.71. The minimum absolute atomic E-state index is 0.0430. The summed E-state index contributed by atoms with van der Waals surface area (Å²) in [7, 11) is 2.17. The van der Waals surface area contributed by atoms with Gasteiger partial charge in [0.25, 0.3) is 0 Å². The maximum Gasteiger partial charge on any atom is 0.419 e. The molecule has 0 saturated carbocycles. The molecule has 1 aliphatic rings. The molecule has 19 heavy (non-hydrogen) atoms. The molecule has 1 aliphatic heterocycles. The Morgan fingerprint density at radius 2 is 1.53 bits per heavy atom. The van der Waals surface area contributed by atoms with Crippen molar-refractivity contribution in [3.63, 3.8) is 0 Å². The zero-order valence-corrected chi connectivity index (χ0v) is 11.4. The number of rotatable bonds is 2. The van der Waals surface area contributed by atoms with Crippen molar-refractivity contribution in [2.45, 2.75) is 19.1 Å². The van der Waals surface area contributed by atoms with Crippen LogP contribution in [0.4, 0.5) is 0 Å². The summed E-state index contributed by atoms with van der Waals surface area (Å²) in [6.07, 6.45) is 0.136. The van der Waals surface area contributed by atoms with E-state index in [0.29, 0.717) is 6.04 Å². The summed E-state index contributed by atoms with van der Waals surface area (Å²) in [5.41, 5.74) is 2.47. The number of nitrogens with zero attached hydrogens (tertiary/aromatic N) is 1. The van der Waals surface area contributed by atoms with Gasteiger partial charge in [-0.25, -0.2) is 0 Å². The Hall–Kier alpha value is -1.58. The third-order valence-electron chi connectivity index (χ3n) is 3.94. The van der Waals surface area contributed by atoms with Crippen LogP contribution in [0.15, 0.2) is 60.7 Å². The first kappa shape index (κ1) is 12.5. The zero-order valence-electron chi connectivity index (χ0n) is 11.4. The second-order valence-electron chi connectivity index (χ2n) is 5.14. The van der Waals surface area contributed by atoms with E-state index in [1.165, 1.54) is 11.0 Å². The van der Waals surface area contributed by atoms with Gasteiger partial charge in [0, 0.05) is 6.04 Å². The van der Waals surface area contributed by atoms with Crippen molar-refractivity contribution < 1.29 is 4.65 Å². The Labute approximate surface area is 115 Å². The van der Waals surface area contributed by atoms with Gasteiger partial charge in [0.05, 0.1) is 6.10 Å². The van der Waals surface area contributed by atoms with Gasteiger partial charge in [-0.2, -0.15) is 0 Å². The number of benzene rings is 2. The molecule has 3 rings (SSSR count). The van der Waals surface area contributed by atoms with Gasteiger partial charge in [-0.15, -0.1) is 0 Å². The van der Waals surface area contributed by atoms with Crippen molar-refractivity contribution in [1.29, 1.82) is 0 Å². The van der Waals surface area contributed by atoms with Gasteiger partial charge in [-0.3, -0.25) is 0 Å². The fraction of sp³-hybridized carbons (Fsp3) is 0.250. The molecule has 2 aromatic rings. The molecule has 2 atom stereocenters. The van der Waals surface area contributed by atoms with Crippen LogP contribution < -0.4 is 5.46 Å². The first-order valence-corrected chi connectivity index (χ1v) is 6.74. The molecular formula is C16H18BNO. The minimum atomic E-state index is 0.0430. The minimum Gasteiger partial charge on any atom is -0.409 e. The van der Waals surface area contributed by atoms with Crippen molar-refractivity contribution >= 4 is 12.5 Å². The third kappa shape index (κ3) is 2.31. The number of likely N-dealkylation sites (N-methyl/N-ethyl adjacent to an activating group) is 1. The van der Waals surface area contributed by atoms with Crippen molar-refractivity contribution in [3.05, 3.63) is 66.2 Å². The molecule has 1 saturated heterocycles. The SMILES string of the molecule is C[C@H]1[C@@H](c2ccccc2)OB(c2ccccc2)N1C. The highest BCUT2D eigenvalue weighted by Gasteiger charge is 2.42. The van der Waals surface area contributed by atoms with E-state index in [4.69, 9.17) is 4.65 Å². The van der Waals surface area contributed by atoms with E-state index in [-0.39, 0.29) is 13.2 Å². The van der Waals surface area contributed by atoms with Crippen LogP contribution in [0.2, 0.25) is 0 Å². The molecule has 0 spiro atoms. The maximum absolute atomic E-state index is 6.28. The number of hydrogen-bond donors (Lipinski definition) is 0. The molecule has 0 aromatic heterocycles.